The number of benzene rings is 1. The Morgan fingerprint density at radius 2 is 2.06 bits per heavy atom. The lowest BCUT2D eigenvalue weighted by Crippen LogP contribution is -1.98. The molecule has 0 atom stereocenters. The number of carbonyl (C=O) groups excluding carboxylic acids is 1. The Morgan fingerprint density at radius 1 is 1.24 bits per heavy atom. The lowest BCUT2D eigenvalue weighted by molar-refractivity contribution is -0.112. The van der Waals surface area contributed by atoms with Crippen molar-refractivity contribution in [2.45, 2.75) is 19.8 Å². The Kier molecular flexibility index (Phi) is 2.29. The minimum absolute atomic E-state index is 0.207. The Morgan fingerprint density at radius 3 is 2.82 bits per heavy atom. The summed E-state index contributed by atoms with van der Waals surface area (Å²) in [6, 6.07) is 8.00. The molecule has 0 saturated heterocycles. The Hall–Kier alpha value is -1.96. The molecule has 0 aromatic heterocycles. The summed E-state index contributed by atoms with van der Waals surface area (Å²) in [6.45, 7) is 2.05. The topological polar surface area (TPSA) is 29.4 Å². The summed E-state index contributed by atoms with van der Waals surface area (Å²) in [5, 5.41) is 0. The average Bonchev–Trinajstić information content (AvgIpc) is 2.85. The second-order valence-electron chi connectivity index (χ2n) is 4.59. The van der Waals surface area contributed by atoms with Gasteiger partial charge in [-0.05, 0) is 29.7 Å². The molecule has 0 bridgehead atoms. The molecule has 0 amide bonds. The van der Waals surface area contributed by atoms with Crippen LogP contribution in [0.1, 0.15) is 24.5 Å². The molecular weight excluding hydrogens is 210 g/mol. The molecular formula is C15H13NO. The number of hydrogen-bond acceptors (Lipinski definition) is 2. The Labute approximate surface area is 100 Å². The van der Waals surface area contributed by atoms with Crippen molar-refractivity contribution in [3.8, 4) is 0 Å². The van der Waals surface area contributed by atoms with Crippen LogP contribution in [0.15, 0.2) is 47.1 Å². The number of allylic oxidation sites excluding steroid dienone is 3. The summed E-state index contributed by atoms with van der Waals surface area (Å²) in [4.78, 5) is 16.3. The highest BCUT2D eigenvalue weighted by Gasteiger charge is 2.24. The maximum atomic E-state index is 12.0. The molecule has 0 unspecified atom stereocenters. The van der Waals surface area contributed by atoms with Crippen LogP contribution < -0.4 is 0 Å². The highest BCUT2D eigenvalue weighted by molar-refractivity contribution is 6.29. The molecule has 2 heteroatoms. The predicted molar refractivity (Wildman–Crippen MR) is 68.9 cm³/mol. The van der Waals surface area contributed by atoms with Crippen LogP contribution in [0.4, 0.5) is 0 Å². The van der Waals surface area contributed by atoms with Crippen LogP contribution in [0, 0.1) is 0 Å². The number of nitrogens with zero attached hydrogens (tertiary/aromatic N) is 1. The SMILES string of the molecule is CC1=CN=C(/C=C2\C(=O)Cc3ccccc32)C1. The van der Waals surface area contributed by atoms with Crippen LogP contribution in [0.25, 0.3) is 5.57 Å². The standard InChI is InChI=1S/C15H13NO/c1-10-6-12(16-9-10)8-14-13-5-3-2-4-11(13)7-15(14)17/h2-5,8-9H,6-7H2,1H3/b14-8-. The highest BCUT2D eigenvalue weighted by Crippen LogP contribution is 2.30. The second kappa shape index (κ2) is 3.81. The van der Waals surface area contributed by atoms with Crippen LogP contribution >= 0.6 is 0 Å². The minimum Gasteiger partial charge on any atom is -0.294 e. The zero-order valence-electron chi connectivity index (χ0n) is 9.73. The number of rotatable bonds is 1. The molecule has 2 nitrogen and oxygen atoms in total. The van der Waals surface area contributed by atoms with E-state index < -0.39 is 0 Å². The van der Waals surface area contributed by atoms with Gasteiger partial charge in [0.2, 0.25) is 0 Å². The first-order valence-corrected chi connectivity index (χ1v) is 5.79. The van der Waals surface area contributed by atoms with Gasteiger partial charge < -0.3 is 0 Å². The lowest BCUT2D eigenvalue weighted by atomic mass is 10.0. The first-order valence-electron chi connectivity index (χ1n) is 5.79. The van der Waals surface area contributed by atoms with E-state index in [4.69, 9.17) is 0 Å². The van der Waals surface area contributed by atoms with Crippen molar-refractivity contribution in [3.63, 3.8) is 0 Å². The zero-order valence-corrected chi connectivity index (χ0v) is 9.73. The molecule has 1 heterocycles. The fourth-order valence-electron chi connectivity index (χ4n) is 2.34. The van der Waals surface area contributed by atoms with E-state index in [-0.39, 0.29) is 5.78 Å². The maximum absolute atomic E-state index is 12.0. The normalized spacial score (nSPS) is 20.5. The first kappa shape index (κ1) is 10.2. The number of fused-ring (bicyclic) bond motifs is 1. The van der Waals surface area contributed by atoms with Gasteiger partial charge >= 0.3 is 0 Å². The van der Waals surface area contributed by atoms with Gasteiger partial charge in [0.1, 0.15) is 0 Å². The van der Waals surface area contributed by atoms with Crippen molar-refractivity contribution in [1.82, 2.24) is 0 Å². The van der Waals surface area contributed by atoms with E-state index in [1.165, 1.54) is 5.57 Å². The van der Waals surface area contributed by atoms with Gasteiger partial charge in [-0.1, -0.05) is 24.3 Å². The van der Waals surface area contributed by atoms with Gasteiger partial charge in [-0.2, -0.15) is 0 Å². The molecule has 0 saturated carbocycles. The van der Waals surface area contributed by atoms with Gasteiger partial charge in [0, 0.05) is 30.3 Å². The number of aliphatic imine (C=N–C) groups is 1. The number of ketones is 1. The molecule has 1 aromatic rings. The molecule has 0 radical (unpaired) electrons. The van der Waals surface area contributed by atoms with Gasteiger partial charge in [-0.25, -0.2) is 0 Å². The van der Waals surface area contributed by atoms with E-state index >= 15 is 0 Å². The van der Waals surface area contributed by atoms with E-state index in [0.717, 1.165) is 28.8 Å². The molecule has 0 N–H and O–H groups in total. The summed E-state index contributed by atoms with van der Waals surface area (Å²) < 4.78 is 0. The van der Waals surface area contributed by atoms with Crippen molar-refractivity contribution >= 4 is 17.1 Å². The lowest BCUT2D eigenvalue weighted by Gasteiger charge is -1.99. The summed E-state index contributed by atoms with van der Waals surface area (Å²) in [5.74, 6) is 0.207. The Balaban J connectivity index is 1.99. The molecule has 1 aromatic carbocycles. The minimum atomic E-state index is 0.207. The average molecular weight is 223 g/mol. The molecule has 1 aliphatic carbocycles. The number of hydrogen-bond donors (Lipinski definition) is 0. The summed E-state index contributed by atoms with van der Waals surface area (Å²) in [7, 11) is 0. The fraction of sp³-hybridized carbons (Fsp3) is 0.200. The van der Waals surface area contributed by atoms with Crippen LogP contribution in [-0.4, -0.2) is 11.5 Å². The van der Waals surface area contributed by atoms with E-state index in [1.54, 1.807) is 0 Å². The molecule has 17 heavy (non-hydrogen) atoms. The van der Waals surface area contributed by atoms with Crippen molar-refractivity contribution in [2.24, 2.45) is 4.99 Å². The summed E-state index contributed by atoms with van der Waals surface area (Å²) >= 11 is 0. The van der Waals surface area contributed by atoms with Crippen LogP contribution in [0.5, 0.6) is 0 Å². The maximum Gasteiger partial charge on any atom is 0.167 e. The molecule has 0 spiro atoms. The highest BCUT2D eigenvalue weighted by atomic mass is 16.1. The summed E-state index contributed by atoms with van der Waals surface area (Å²) in [6.07, 6.45) is 5.21. The molecule has 2 aliphatic rings. The van der Waals surface area contributed by atoms with E-state index in [2.05, 4.69) is 11.9 Å². The van der Waals surface area contributed by atoms with Crippen molar-refractivity contribution < 1.29 is 4.79 Å². The van der Waals surface area contributed by atoms with Crippen molar-refractivity contribution in [3.05, 3.63) is 53.2 Å². The van der Waals surface area contributed by atoms with E-state index in [1.807, 2.05) is 36.5 Å². The number of Topliss-reactive ketones (excluding diaryl/α,β-unsaturated/α-hetero) is 1. The predicted octanol–water partition coefficient (Wildman–Crippen LogP) is 2.94. The van der Waals surface area contributed by atoms with E-state index in [0.29, 0.717) is 6.42 Å². The van der Waals surface area contributed by atoms with Gasteiger partial charge in [-0.3, -0.25) is 9.79 Å². The second-order valence-corrected chi connectivity index (χ2v) is 4.59. The molecule has 0 fully saturated rings. The van der Waals surface area contributed by atoms with Crippen molar-refractivity contribution in [1.29, 1.82) is 0 Å². The van der Waals surface area contributed by atoms with Crippen LogP contribution in [0.3, 0.4) is 0 Å². The summed E-state index contributed by atoms with van der Waals surface area (Å²) in [5.41, 5.74) is 5.26. The Bertz CT molecular complexity index is 591. The van der Waals surface area contributed by atoms with Gasteiger partial charge in [-0.15, -0.1) is 0 Å². The van der Waals surface area contributed by atoms with Crippen LogP contribution in [0.2, 0.25) is 0 Å². The van der Waals surface area contributed by atoms with Crippen molar-refractivity contribution in [2.75, 3.05) is 0 Å². The van der Waals surface area contributed by atoms with E-state index in [9.17, 15) is 4.79 Å². The molecule has 84 valence electrons. The number of carbonyl (C=O) groups is 1. The first-order chi connectivity index (χ1) is 8.24. The zero-order chi connectivity index (χ0) is 11.8. The quantitative estimate of drug-likeness (QED) is 0.673. The van der Waals surface area contributed by atoms with Crippen LogP contribution in [-0.2, 0) is 11.2 Å². The smallest absolute Gasteiger partial charge is 0.167 e. The van der Waals surface area contributed by atoms with Gasteiger partial charge in [0.15, 0.2) is 5.78 Å². The monoisotopic (exact) mass is 223 g/mol. The fourth-order valence-corrected chi connectivity index (χ4v) is 2.34. The van der Waals surface area contributed by atoms with Gasteiger partial charge in [0.25, 0.3) is 0 Å². The molecule has 3 rings (SSSR count). The third-order valence-electron chi connectivity index (χ3n) is 3.18. The largest absolute Gasteiger partial charge is 0.294 e. The van der Waals surface area contributed by atoms with Gasteiger partial charge in [0.05, 0.1) is 0 Å². The third-order valence-corrected chi connectivity index (χ3v) is 3.18. The third kappa shape index (κ3) is 1.76. The molecule has 1 aliphatic heterocycles.